The van der Waals surface area contributed by atoms with E-state index in [9.17, 15) is 13.2 Å². The van der Waals surface area contributed by atoms with Crippen molar-refractivity contribution in [3.8, 4) is 0 Å². The smallest absolute Gasteiger partial charge is 0.241 e. The molecule has 0 saturated carbocycles. The number of amides is 1. The Bertz CT molecular complexity index is 756. The molecule has 0 fully saturated rings. The van der Waals surface area contributed by atoms with Gasteiger partial charge in [0, 0.05) is 6.54 Å². The molecule has 0 heterocycles. The number of likely N-dealkylation sites (N-methyl/N-ethyl adjacent to an activating group) is 1. The molecule has 0 aromatic heterocycles. The van der Waals surface area contributed by atoms with Gasteiger partial charge in [0.1, 0.15) is 0 Å². The van der Waals surface area contributed by atoms with Crippen LogP contribution in [0.4, 0.5) is 0 Å². The van der Waals surface area contributed by atoms with Gasteiger partial charge in [0.15, 0.2) is 0 Å². The van der Waals surface area contributed by atoms with Gasteiger partial charge in [0.25, 0.3) is 0 Å². The molecule has 0 unspecified atom stereocenters. The molecule has 0 aliphatic carbocycles. The number of benzene rings is 2. The van der Waals surface area contributed by atoms with Crippen molar-refractivity contribution in [3.63, 3.8) is 0 Å². The molecule has 0 bridgehead atoms. The Morgan fingerprint density at radius 2 is 1.81 bits per heavy atom. The number of carbonyl (C=O) groups is 1. The third-order valence-electron chi connectivity index (χ3n) is 3.11. The van der Waals surface area contributed by atoms with Crippen LogP contribution in [0.2, 0.25) is 0 Å². The van der Waals surface area contributed by atoms with Gasteiger partial charge in [-0.15, -0.1) is 0 Å². The van der Waals surface area contributed by atoms with E-state index < -0.39 is 16.1 Å². The van der Waals surface area contributed by atoms with Crippen LogP contribution in [-0.4, -0.2) is 26.9 Å². The highest BCUT2D eigenvalue weighted by Gasteiger charge is 2.21. The maximum Gasteiger partial charge on any atom is 0.241 e. The lowest BCUT2D eigenvalue weighted by Gasteiger charge is -2.14. The Kier molecular flexibility index (Phi) is 4.59. The van der Waals surface area contributed by atoms with Crippen molar-refractivity contribution in [2.75, 3.05) is 6.54 Å². The van der Waals surface area contributed by atoms with Gasteiger partial charge in [0.05, 0.1) is 10.9 Å². The molecule has 0 aliphatic rings. The first kappa shape index (κ1) is 15.5. The summed E-state index contributed by atoms with van der Waals surface area (Å²) in [5.74, 6) is -0.345. The molecule has 2 rings (SSSR count). The van der Waals surface area contributed by atoms with Gasteiger partial charge >= 0.3 is 0 Å². The van der Waals surface area contributed by atoms with E-state index in [0.29, 0.717) is 6.54 Å². The van der Waals surface area contributed by atoms with Crippen molar-refractivity contribution in [2.24, 2.45) is 0 Å². The van der Waals surface area contributed by atoms with Crippen molar-refractivity contribution in [2.45, 2.75) is 24.8 Å². The lowest BCUT2D eigenvalue weighted by Crippen LogP contribution is -2.44. The van der Waals surface area contributed by atoms with Gasteiger partial charge in [-0.25, -0.2) is 8.42 Å². The highest BCUT2D eigenvalue weighted by atomic mass is 32.2. The molecule has 2 N–H and O–H groups in total. The van der Waals surface area contributed by atoms with E-state index in [4.69, 9.17) is 0 Å². The van der Waals surface area contributed by atoms with E-state index in [1.54, 1.807) is 19.1 Å². The largest absolute Gasteiger partial charge is 0.355 e. The Labute approximate surface area is 124 Å². The molecule has 0 saturated heterocycles. The second-order valence-electron chi connectivity index (χ2n) is 4.75. The van der Waals surface area contributed by atoms with Gasteiger partial charge in [-0.1, -0.05) is 30.3 Å². The average Bonchev–Trinajstić information content (AvgIpc) is 2.46. The highest BCUT2D eigenvalue weighted by Crippen LogP contribution is 2.19. The van der Waals surface area contributed by atoms with Crippen molar-refractivity contribution in [1.82, 2.24) is 10.0 Å². The van der Waals surface area contributed by atoms with Gasteiger partial charge in [0.2, 0.25) is 15.9 Å². The topological polar surface area (TPSA) is 75.3 Å². The maximum absolute atomic E-state index is 12.3. The fraction of sp³-hybridized carbons (Fsp3) is 0.267. The van der Waals surface area contributed by atoms with Crippen LogP contribution in [0.15, 0.2) is 47.4 Å². The molecule has 2 aromatic carbocycles. The minimum atomic E-state index is -3.73. The molecule has 2 aromatic rings. The minimum Gasteiger partial charge on any atom is -0.355 e. The van der Waals surface area contributed by atoms with Crippen LogP contribution in [0.3, 0.4) is 0 Å². The summed E-state index contributed by atoms with van der Waals surface area (Å²) >= 11 is 0. The summed E-state index contributed by atoms with van der Waals surface area (Å²) in [5, 5.41) is 4.39. The first-order valence-corrected chi connectivity index (χ1v) is 8.21. The SMILES string of the molecule is CCNC(=O)[C@@H](C)NS(=O)(=O)c1ccc2ccccc2c1. The van der Waals surface area contributed by atoms with E-state index >= 15 is 0 Å². The number of rotatable bonds is 5. The fourth-order valence-electron chi connectivity index (χ4n) is 2.02. The van der Waals surface area contributed by atoms with Crippen LogP contribution in [0.1, 0.15) is 13.8 Å². The maximum atomic E-state index is 12.3. The summed E-state index contributed by atoms with van der Waals surface area (Å²) in [5.41, 5.74) is 0. The minimum absolute atomic E-state index is 0.150. The fourth-order valence-corrected chi connectivity index (χ4v) is 3.25. The zero-order valence-electron chi connectivity index (χ0n) is 12.0. The van der Waals surface area contributed by atoms with Crippen LogP contribution in [-0.2, 0) is 14.8 Å². The Morgan fingerprint density at radius 1 is 1.14 bits per heavy atom. The average molecular weight is 306 g/mol. The molecule has 0 radical (unpaired) electrons. The van der Waals surface area contributed by atoms with Crippen LogP contribution >= 0.6 is 0 Å². The molecule has 1 amide bonds. The number of carbonyl (C=O) groups excluding carboxylic acids is 1. The molecule has 112 valence electrons. The van der Waals surface area contributed by atoms with Gasteiger partial charge in [-0.2, -0.15) is 4.72 Å². The lowest BCUT2D eigenvalue weighted by molar-refractivity contribution is -0.122. The van der Waals surface area contributed by atoms with Crippen molar-refractivity contribution in [1.29, 1.82) is 0 Å². The summed E-state index contributed by atoms with van der Waals surface area (Å²) in [6.07, 6.45) is 0. The van der Waals surface area contributed by atoms with Crippen LogP contribution in [0.5, 0.6) is 0 Å². The molecule has 5 nitrogen and oxygen atoms in total. The monoisotopic (exact) mass is 306 g/mol. The first-order chi connectivity index (χ1) is 9.94. The Balaban J connectivity index is 2.27. The summed E-state index contributed by atoms with van der Waals surface area (Å²) in [6.45, 7) is 3.76. The quantitative estimate of drug-likeness (QED) is 0.882. The molecular formula is C15H18N2O3S. The predicted molar refractivity (Wildman–Crippen MR) is 82.4 cm³/mol. The second kappa shape index (κ2) is 6.24. The standard InChI is InChI=1S/C15H18N2O3S/c1-3-16-15(18)11(2)17-21(19,20)14-9-8-12-6-4-5-7-13(12)10-14/h4-11,17H,3H2,1-2H3,(H,16,18)/t11-/m1/s1. The normalized spacial score (nSPS) is 13.0. The van der Waals surface area contributed by atoms with Gasteiger partial charge in [-0.3, -0.25) is 4.79 Å². The lowest BCUT2D eigenvalue weighted by atomic mass is 10.1. The van der Waals surface area contributed by atoms with E-state index in [1.807, 2.05) is 24.3 Å². The molecule has 21 heavy (non-hydrogen) atoms. The summed E-state index contributed by atoms with van der Waals surface area (Å²) < 4.78 is 27.0. The Hall–Kier alpha value is -1.92. The van der Waals surface area contributed by atoms with Gasteiger partial charge in [-0.05, 0) is 36.8 Å². The zero-order chi connectivity index (χ0) is 15.5. The van der Waals surface area contributed by atoms with Crippen LogP contribution in [0, 0.1) is 0 Å². The summed E-state index contributed by atoms with van der Waals surface area (Å²) in [4.78, 5) is 11.8. The summed E-state index contributed by atoms with van der Waals surface area (Å²) in [6, 6.07) is 11.6. The molecule has 6 heteroatoms. The molecular weight excluding hydrogens is 288 g/mol. The first-order valence-electron chi connectivity index (χ1n) is 6.73. The van der Waals surface area contributed by atoms with E-state index in [2.05, 4.69) is 10.0 Å². The number of hydrogen-bond donors (Lipinski definition) is 2. The van der Waals surface area contributed by atoms with E-state index in [1.165, 1.54) is 13.0 Å². The van der Waals surface area contributed by atoms with Crippen LogP contribution in [0.25, 0.3) is 10.8 Å². The summed E-state index contributed by atoms with van der Waals surface area (Å²) in [7, 11) is -3.73. The molecule has 0 aliphatic heterocycles. The van der Waals surface area contributed by atoms with Crippen molar-refractivity contribution < 1.29 is 13.2 Å². The molecule has 1 atom stereocenters. The van der Waals surface area contributed by atoms with Crippen molar-refractivity contribution >= 4 is 26.7 Å². The van der Waals surface area contributed by atoms with E-state index in [0.717, 1.165) is 10.8 Å². The number of hydrogen-bond acceptors (Lipinski definition) is 3. The number of sulfonamides is 1. The third kappa shape index (κ3) is 3.59. The van der Waals surface area contributed by atoms with E-state index in [-0.39, 0.29) is 10.8 Å². The number of fused-ring (bicyclic) bond motifs is 1. The van der Waals surface area contributed by atoms with Crippen molar-refractivity contribution in [3.05, 3.63) is 42.5 Å². The molecule has 0 spiro atoms. The van der Waals surface area contributed by atoms with Gasteiger partial charge < -0.3 is 5.32 Å². The Morgan fingerprint density at radius 3 is 2.48 bits per heavy atom. The zero-order valence-corrected chi connectivity index (χ0v) is 12.8. The second-order valence-corrected chi connectivity index (χ2v) is 6.46. The number of nitrogens with one attached hydrogen (secondary N) is 2. The highest BCUT2D eigenvalue weighted by molar-refractivity contribution is 7.89. The van der Waals surface area contributed by atoms with Crippen LogP contribution < -0.4 is 10.0 Å². The third-order valence-corrected chi connectivity index (χ3v) is 4.65. The predicted octanol–water partition coefficient (Wildman–Crippen LogP) is 1.64.